The van der Waals surface area contributed by atoms with Crippen LogP contribution in [0.15, 0.2) is 18.2 Å². The van der Waals surface area contributed by atoms with Crippen LogP contribution in [0, 0.1) is 16.0 Å². The maximum Gasteiger partial charge on any atom is 0.269 e. The number of hydrogen-bond acceptors (Lipinski definition) is 4. The van der Waals surface area contributed by atoms with Crippen LogP contribution in [-0.4, -0.2) is 22.9 Å². The zero-order valence-electron chi connectivity index (χ0n) is 10.6. The number of anilines is 1. The van der Waals surface area contributed by atoms with E-state index in [-0.39, 0.29) is 10.6 Å². The number of nitrogens with two attached hydrogens (primary N) is 1. The van der Waals surface area contributed by atoms with E-state index in [9.17, 15) is 10.1 Å². The van der Waals surface area contributed by atoms with E-state index < -0.39 is 0 Å². The van der Waals surface area contributed by atoms with E-state index in [1.54, 1.807) is 12.1 Å². The van der Waals surface area contributed by atoms with Crippen LogP contribution in [0.5, 0.6) is 0 Å². The van der Waals surface area contributed by atoms with Crippen molar-refractivity contribution >= 4 is 11.4 Å². The van der Waals surface area contributed by atoms with Gasteiger partial charge in [-0.1, -0.05) is 13.3 Å². The zero-order valence-corrected chi connectivity index (χ0v) is 10.6. The number of nitrogens with zero attached hydrogens (tertiary/aromatic N) is 2. The monoisotopic (exact) mass is 249 g/mol. The number of nitro benzene ring substituents is 1. The molecule has 1 fully saturated rings. The van der Waals surface area contributed by atoms with Gasteiger partial charge in [-0.15, -0.1) is 0 Å². The Morgan fingerprint density at radius 3 is 2.94 bits per heavy atom. The topological polar surface area (TPSA) is 72.4 Å². The highest BCUT2D eigenvalue weighted by Crippen LogP contribution is 2.25. The van der Waals surface area contributed by atoms with Gasteiger partial charge >= 0.3 is 0 Å². The lowest BCUT2D eigenvalue weighted by Crippen LogP contribution is -2.20. The quantitative estimate of drug-likeness (QED) is 0.505. The number of nitrogen functional groups attached to an aromatic ring is 1. The van der Waals surface area contributed by atoms with Crippen LogP contribution < -0.4 is 5.73 Å². The highest BCUT2D eigenvalue weighted by molar-refractivity contribution is 5.52. The maximum atomic E-state index is 10.8. The SMILES string of the molecule is CCC1CCN(Cc2cc([N+](=O)[O-])ccc2N)C1. The van der Waals surface area contributed by atoms with Crippen molar-refractivity contribution in [2.75, 3.05) is 18.8 Å². The number of rotatable bonds is 4. The second kappa shape index (κ2) is 5.35. The molecule has 1 heterocycles. The summed E-state index contributed by atoms with van der Waals surface area (Å²) in [5.74, 6) is 0.755. The Morgan fingerprint density at radius 2 is 2.33 bits per heavy atom. The van der Waals surface area contributed by atoms with E-state index in [0.29, 0.717) is 12.2 Å². The highest BCUT2D eigenvalue weighted by atomic mass is 16.6. The first-order valence-electron chi connectivity index (χ1n) is 6.35. The van der Waals surface area contributed by atoms with Crippen molar-refractivity contribution in [2.24, 2.45) is 5.92 Å². The van der Waals surface area contributed by atoms with Crippen LogP contribution in [0.3, 0.4) is 0 Å². The summed E-state index contributed by atoms with van der Waals surface area (Å²) in [6.45, 7) is 5.04. The van der Waals surface area contributed by atoms with Gasteiger partial charge in [0.1, 0.15) is 0 Å². The average Bonchev–Trinajstić information content (AvgIpc) is 2.79. The fourth-order valence-corrected chi connectivity index (χ4v) is 2.47. The van der Waals surface area contributed by atoms with Crippen LogP contribution in [0.1, 0.15) is 25.3 Å². The lowest BCUT2D eigenvalue weighted by atomic mass is 10.1. The summed E-state index contributed by atoms with van der Waals surface area (Å²) in [6.07, 6.45) is 2.41. The van der Waals surface area contributed by atoms with Gasteiger partial charge in [0.2, 0.25) is 0 Å². The summed E-state index contributed by atoms with van der Waals surface area (Å²) in [5.41, 5.74) is 7.50. The second-order valence-electron chi connectivity index (χ2n) is 4.94. The zero-order chi connectivity index (χ0) is 13.1. The Morgan fingerprint density at radius 1 is 1.56 bits per heavy atom. The van der Waals surface area contributed by atoms with Crippen molar-refractivity contribution in [3.8, 4) is 0 Å². The fourth-order valence-electron chi connectivity index (χ4n) is 2.47. The Bertz CT molecular complexity index is 448. The van der Waals surface area contributed by atoms with Gasteiger partial charge in [0.05, 0.1) is 4.92 Å². The number of non-ortho nitro benzene ring substituents is 1. The molecule has 0 spiro atoms. The van der Waals surface area contributed by atoms with Crippen LogP contribution in [0.2, 0.25) is 0 Å². The Kier molecular flexibility index (Phi) is 3.81. The third kappa shape index (κ3) is 2.79. The molecule has 0 bridgehead atoms. The standard InChI is InChI=1S/C13H19N3O2/c1-2-10-5-6-15(8-10)9-11-7-12(16(17)18)3-4-13(11)14/h3-4,7,10H,2,5-6,8-9,14H2,1H3. The van der Waals surface area contributed by atoms with Gasteiger partial charge in [-0.2, -0.15) is 0 Å². The summed E-state index contributed by atoms with van der Waals surface area (Å²) in [5, 5.41) is 10.8. The van der Waals surface area contributed by atoms with E-state index >= 15 is 0 Å². The van der Waals surface area contributed by atoms with Gasteiger partial charge in [-0.3, -0.25) is 15.0 Å². The number of nitro groups is 1. The van der Waals surface area contributed by atoms with Crippen LogP contribution in [-0.2, 0) is 6.54 Å². The van der Waals surface area contributed by atoms with Gasteiger partial charge in [-0.25, -0.2) is 0 Å². The minimum absolute atomic E-state index is 0.116. The molecule has 1 aromatic carbocycles. The molecule has 0 saturated carbocycles. The fraction of sp³-hybridized carbons (Fsp3) is 0.538. The number of hydrogen-bond donors (Lipinski definition) is 1. The molecule has 1 aliphatic heterocycles. The third-order valence-electron chi connectivity index (χ3n) is 3.68. The molecule has 1 unspecified atom stereocenters. The number of likely N-dealkylation sites (tertiary alicyclic amines) is 1. The summed E-state index contributed by atoms with van der Waals surface area (Å²) in [4.78, 5) is 12.7. The minimum Gasteiger partial charge on any atom is -0.398 e. The Balaban J connectivity index is 2.09. The molecular formula is C13H19N3O2. The van der Waals surface area contributed by atoms with E-state index in [1.165, 1.54) is 18.9 Å². The maximum absolute atomic E-state index is 10.8. The van der Waals surface area contributed by atoms with Gasteiger partial charge < -0.3 is 5.73 Å². The first kappa shape index (κ1) is 12.8. The molecule has 0 radical (unpaired) electrons. The normalized spacial score (nSPS) is 20.2. The van der Waals surface area contributed by atoms with Crippen molar-refractivity contribution in [1.82, 2.24) is 4.90 Å². The van der Waals surface area contributed by atoms with E-state index in [1.807, 2.05) is 0 Å². The Labute approximate surface area is 107 Å². The molecule has 5 heteroatoms. The van der Waals surface area contributed by atoms with Gasteiger partial charge in [-0.05, 0) is 30.5 Å². The number of benzene rings is 1. The molecule has 1 aromatic rings. The highest BCUT2D eigenvalue weighted by Gasteiger charge is 2.22. The van der Waals surface area contributed by atoms with Crippen molar-refractivity contribution in [1.29, 1.82) is 0 Å². The molecule has 18 heavy (non-hydrogen) atoms. The van der Waals surface area contributed by atoms with Gasteiger partial charge in [0.25, 0.3) is 5.69 Å². The summed E-state index contributed by atoms with van der Waals surface area (Å²) in [6, 6.07) is 4.67. The summed E-state index contributed by atoms with van der Waals surface area (Å²) in [7, 11) is 0. The van der Waals surface area contributed by atoms with Crippen molar-refractivity contribution in [3.63, 3.8) is 0 Å². The van der Waals surface area contributed by atoms with Crippen LogP contribution >= 0.6 is 0 Å². The van der Waals surface area contributed by atoms with Crippen molar-refractivity contribution in [2.45, 2.75) is 26.3 Å². The van der Waals surface area contributed by atoms with E-state index in [0.717, 1.165) is 24.6 Å². The van der Waals surface area contributed by atoms with Gasteiger partial charge in [0, 0.05) is 30.9 Å². The first-order valence-corrected chi connectivity index (χ1v) is 6.35. The van der Waals surface area contributed by atoms with Gasteiger partial charge in [0.15, 0.2) is 0 Å². The molecule has 0 aliphatic carbocycles. The molecular weight excluding hydrogens is 230 g/mol. The molecule has 5 nitrogen and oxygen atoms in total. The lowest BCUT2D eigenvalue weighted by Gasteiger charge is -2.16. The molecule has 0 amide bonds. The largest absolute Gasteiger partial charge is 0.398 e. The third-order valence-corrected chi connectivity index (χ3v) is 3.68. The minimum atomic E-state index is -0.373. The molecule has 1 aliphatic rings. The molecule has 98 valence electrons. The molecule has 2 N–H and O–H groups in total. The lowest BCUT2D eigenvalue weighted by molar-refractivity contribution is -0.384. The predicted molar refractivity (Wildman–Crippen MR) is 71.2 cm³/mol. The summed E-state index contributed by atoms with van der Waals surface area (Å²) >= 11 is 0. The van der Waals surface area contributed by atoms with E-state index in [4.69, 9.17) is 5.73 Å². The molecule has 2 rings (SSSR count). The average molecular weight is 249 g/mol. The summed E-state index contributed by atoms with van der Waals surface area (Å²) < 4.78 is 0. The van der Waals surface area contributed by atoms with Crippen LogP contribution in [0.4, 0.5) is 11.4 Å². The Hall–Kier alpha value is -1.62. The predicted octanol–water partition coefficient (Wildman–Crippen LogP) is 2.41. The van der Waals surface area contributed by atoms with E-state index in [2.05, 4.69) is 11.8 Å². The van der Waals surface area contributed by atoms with Crippen molar-refractivity contribution in [3.05, 3.63) is 33.9 Å². The van der Waals surface area contributed by atoms with Crippen molar-refractivity contribution < 1.29 is 4.92 Å². The first-order chi connectivity index (χ1) is 8.60. The molecule has 1 atom stereocenters. The smallest absolute Gasteiger partial charge is 0.269 e. The molecule has 0 aromatic heterocycles. The van der Waals surface area contributed by atoms with Crippen LogP contribution in [0.25, 0.3) is 0 Å². The second-order valence-corrected chi connectivity index (χ2v) is 4.94. The molecule has 1 saturated heterocycles.